The Labute approximate surface area is 464 Å². The molecule has 0 fully saturated rings. The van der Waals surface area contributed by atoms with Crippen molar-refractivity contribution in [3.05, 3.63) is 48.6 Å². The van der Waals surface area contributed by atoms with Gasteiger partial charge >= 0.3 is 19.8 Å². The van der Waals surface area contributed by atoms with E-state index in [1.807, 2.05) is 0 Å². The van der Waals surface area contributed by atoms with Crippen molar-refractivity contribution in [1.29, 1.82) is 0 Å². The molecule has 0 aromatic carbocycles. The maximum Gasteiger partial charge on any atom is 0.472 e. The molecule has 0 aliphatic heterocycles. The number of hydrogen-bond donors (Lipinski definition) is 2. The molecule has 0 spiro atoms. The van der Waals surface area contributed by atoms with Gasteiger partial charge in [-0.05, 0) is 77.0 Å². The zero-order valence-corrected chi connectivity index (χ0v) is 50.2. The Kier molecular flexibility index (Phi) is 59.5. The third-order valence-electron chi connectivity index (χ3n) is 14.2. The average molecular weight is 1080 g/mol. The topological polar surface area (TPSA) is 134 Å². The van der Waals surface area contributed by atoms with Gasteiger partial charge in [0.05, 0.1) is 13.2 Å². The summed E-state index contributed by atoms with van der Waals surface area (Å²) in [4.78, 5) is 35.3. The second-order valence-electron chi connectivity index (χ2n) is 21.6. The number of unbranched alkanes of at least 4 members (excludes halogenated alkanes) is 40. The minimum atomic E-state index is -4.39. The maximum absolute atomic E-state index is 12.7. The number of allylic oxidation sites excluding steroid dienone is 8. The molecule has 0 aliphatic carbocycles. The highest BCUT2D eigenvalue weighted by atomic mass is 31.2. The molecule has 0 heterocycles. The Bertz CT molecular complexity index is 1370. The molecule has 3 N–H and O–H groups in total. The third kappa shape index (κ3) is 61.1. The van der Waals surface area contributed by atoms with Crippen LogP contribution in [0.15, 0.2) is 48.6 Å². The molecule has 0 amide bonds. The number of phosphoric acid groups is 1. The van der Waals surface area contributed by atoms with E-state index in [4.69, 9.17) is 24.3 Å². The fourth-order valence-corrected chi connectivity index (χ4v) is 10.2. The summed E-state index contributed by atoms with van der Waals surface area (Å²) in [7, 11) is -4.39. The first kappa shape index (κ1) is 73.0. The van der Waals surface area contributed by atoms with Crippen molar-refractivity contribution in [3.63, 3.8) is 0 Å². The summed E-state index contributed by atoms with van der Waals surface area (Å²) in [6, 6.07) is 0. The summed E-state index contributed by atoms with van der Waals surface area (Å²) in [6.45, 7) is 3.77. The van der Waals surface area contributed by atoms with Gasteiger partial charge in [-0.2, -0.15) is 0 Å². The van der Waals surface area contributed by atoms with Crippen LogP contribution in [0.25, 0.3) is 0 Å². The summed E-state index contributed by atoms with van der Waals surface area (Å²) >= 11 is 0. The van der Waals surface area contributed by atoms with E-state index in [1.54, 1.807) is 0 Å². The number of esters is 2. The van der Waals surface area contributed by atoms with Crippen LogP contribution in [0.1, 0.15) is 322 Å². The molecule has 0 radical (unpaired) electrons. The first-order chi connectivity index (χ1) is 36.8. The number of phosphoric ester groups is 1. The van der Waals surface area contributed by atoms with Crippen molar-refractivity contribution >= 4 is 19.8 Å². The zero-order chi connectivity index (χ0) is 54.5. The third-order valence-corrected chi connectivity index (χ3v) is 15.2. The SMILES string of the molecule is CCCCCCC/C=C\C/C=C\CCCCCCCCCCCCCCCCCCCC(=O)OC(COC(=O)CCCCCCCCCCCCCCC/C=C\C/C=C\CCCCCCC)COP(=O)(O)OCCN. The minimum absolute atomic E-state index is 0.0541. The first-order valence-electron chi connectivity index (χ1n) is 32.1. The van der Waals surface area contributed by atoms with Gasteiger partial charge < -0.3 is 20.1 Å². The van der Waals surface area contributed by atoms with E-state index in [0.29, 0.717) is 6.42 Å². The molecular weight excluding hydrogens is 954 g/mol. The second kappa shape index (κ2) is 61.2. The van der Waals surface area contributed by atoms with Gasteiger partial charge in [0, 0.05) is 19.4 Å². The Morgan fingerprint density at radius 3 is 1.01 bits per heavy atom. The van der Waals surface area contributed by atoms with Crippen LogP contribution in [0, 0.1) is 0 Å². The van der Waals surface area contributed by atoms with Gasteiger partial charge in [0.1, 0.15) is 6.61 Å². The van der Waals surface area contributed by atoms with Gasteiger partial charge in [0.25, 0.3) is 0 Å². The summed E-state index contributed by atoms with van der Waals surface area (Å²) in [5.74, 6) is -0.814. The molecule has 440 valence electrons. The van der Waals surface area contributed by atoms with E-state index in [1.165, 1.54) is 244 Å². The summed E-state index contributed by atoms with van der Waals surface area (Å²) in [5, 5.41) is 0. The molecule has 0 saturated carbocycles. The standard InChI is InChI=1S/C65H122NO8P/c1-3-5-7-9-11-13-15-17-19-21-23-25-27-29-30-31-32-34-36-38-40-42-44-46-48-50-52-54-56-58-65(68)74-63(62-73-75(69,70)72-60-59-66)61-71-64(67)57-55-53-51-49-47-45-43-41-39-37-35-33-28-26-24-22-20-18-16-14-12-10-8-6-4-2/h15-18,21-24,63H,3-14,19-20,25-62,66H2,1-2H3,(H,69,70)/b17-15-,18-16-,23-21-,24-22-. The lowest BCUT2D eigenvalue weighted by atomic mass is 10.0. The van der Waals surface area contributed by atoms with E-state index in [9.17, 15) is 19.0 Å². The van der Waals surface area contributed by atoms with Crippen LogP contribution in [-0.2, 0) is 32.7 Å². The Morgan fingerprint density at radius 1 is 0.400 bits per heavy atom. The fraction of sp³-hybridized carbons (Fsp3) is 0.846. The molecule has 0 rings (SSSR count). The number of rotatable bonds is 61. The minimum Gasteiger partial charge on any atom is -0.462 e. The van der Waals surface area contributed by atoms with Crippen LogP contribution in [0.2, 0.25) is 0 Å². The largest absolute Gasteiger partial charge is 0.472 e. The van der Waals surface area contributed by atoms with Gasteiger partial charge in [-0.15, -0.1) is 0 Å². The zero-order valence-electron chi connectivity index (χ0n) is 49.3. The first-order valence-corrected chi connectivity index (χ1v) is 33.6. The predicted octanol–water partition coefficient (Wildman–Crippen LogP) is 20.5. The van der Waals surface area contributed by atoms with Gasteiger partial charge in [0.2, 0.25) is 0 Å². The molecule has 75 heavy (non-hydrogen) atoms. The van der Waals surface area contributed by atoms with Crippen LogP contribution >= 0.6 is 7.82 Å². The van der Waals surface area contributed by atoms with Crippen LogP contribution in [0.3, 0.4) is 0 Å². The smallest absolute Gasteiger partial charge is 0.462 e. The molecule has 0 aliphatic rings. The fourth-order valence-electron chi connectivity index (χ4n) is 9.41. The number of nitrogens with two attached hydrogens (primary N) is 1. The van der Waals surface area contributed by atoms with Crippen molar-refractivity contribution in [2.75, 3.05) is 26.4 Å². The van der Waals surface area contributed by atoms with Crippen LogP contribution in [-0.4, -0.2) is 49.3 Å². The van der Waals surface area contributed by atoms with Gasteiger partial charge in [-0.1, -0.05) is 281 Å². The highest BCUT2D eigenvalue weighted by molar-refractivity contribution is 7.47. The summed E-state index contributed by atoms with van der Waals surface area (Å²) in [6.07, 6.45) is 76.1. The lowest BCUT2D eigenvalue weighted by Crippen LogP contribution is -2.29. The van der Waals surface area contributed by atoms with Gasteiger partial charge in [-0.25, -0.2) is 4.57 Å². The lowest BCUT2D eigenvalue weighted by molar-refractivity contribution is -0.161. The second-order valence-corrected chi connectivity index (χ2v) is 23.1. The van der Waals surface area contributed by atoms with Crippen molar-refractivity contribution in [3.8, 4) is 0 Å². The Hall–Kier alpha value is -2.03. The number of carbonyl (C=O) groups is 2. The van der Waals surface area contributed by atoms with Crippen LogP contribution in [0.4, 0.5) is 0 Å². The van der Waals surface area contributed by atoms with Gasteiger partial charge in [0.15, 0.2) is 6.10 Å². The molecule has 10 heteroatoms. The van der Waals surface area contributed by atoms with E-state index < -0.39 is 26.5 Å². The number of carbonyl (C=O) groups excluding carboxylic acids is 2. The number of hydrogen-bond acceptors (Lipinski definition) is 8. The van der Waals surface area contributed by atoms with Crippen molar-refractivity contribution in [1.82, 2.24) is 0 Å². The highest BCUT2D eigenvalue weighted by Gasteiger charge is 2.26. The quantitative estimate of drug-likeness (QED) is 0.0264. The van der Waals surface area contributed by atoms with Gasteiger partial charge in [-0.3, -0.25) is 18.6 Å². The number of ether oxygens (including phenoxy) is 2. The van der Waals surface area contributed by atoms with Crippen LogP contribution in [0.5, 0.6) is 0 Å². The van der Waals surface area contributed by atoms with Crippen LogP contribution < -0.4 is 5.73 Å². The normalized spacial score (nSPS) is 13.3. The lowest BCUT2D eigenvalue weighted by Gasteiger charge is -2.19. The molecule has 0 aromatic rings. The van der Waals surface area contributed by atoms with E-state index in [-0.39, 0.29) is 38.6 Å². The molecule has 0 saturated heterocycles. The predicted molar refractivity (Wildman–Crippen MR) is 321 cm³/mol. The molecule has 2 unspecified atom stereocenters. The maximum atomic E-state index is 12.7. The summed E-state index contributed by atoms with van der Waals surface area (Å²) in [5.41, 5.74) is 5.39. The Morgan fingerprint density at radius 2 is 0.693 bits per heavy atom. The molecule has 0 bridgehead atoms. The molecule has 0 aromatic heterocycles. The van der Waals surface area contributed by atoms with Crippen molar-refractivity contribution in [2.45, 2.75) is 328 Å². The average Bonchev–Trinajstić information content (AvgIpc) is 3.40. The molecular formula is C65H122NO8P. The Balaban J connectivity index is 3.89. The molecule has 2 atom stereocenters. The van der Waals surface area contributed by atoms with Crippen molar-refractivity contribution < 1.29 is 37.6 Å². The van der Waals surface area contributed by atoms with E-state index >= 15 is 0 Å². The highest BCUT2D eigenvalue weighted by Crippen LogP contribution is 2.43. The molecule has 9 nitrogen and oxygen atoms in total. The van der Waals surface area contributed by atoms with E-state index in [0.717, 1.165) is 44.9 Å². The van der Waals surface area contributed by atoms with E-state index in [2.05, 4.69) is 62.5 Å². The van der Waals surface area contributed by atoms with Crippen molar-refractivity contribution in [2.24, 2.45) is 5.73 Å². The monoisotopic (exact) mass is 1080 g/mol. The summed E-state index contributed by atoms with van der Waals surface area (Å²) < 4.78 is 33.1.